The lowest BCUT2D eigenvalue weighted by atomic mass is 9.92. The van der Waals surface area contributed by atoms with Crippen LogP contribution in [0.5, 0.6) is 11.5 Å². The van der Waals surface area contributed by atoms with Gasteiger partial charge in [0, 0.05) is 0 Å². The molecular weight excluding hydrogens is 270 g/mol. The normalized spacial score (nSPS) is 22.4. The van der Waals surface area contributed by atoms with Gasteiger partial charge in [0.05, 0.1) is 26.4 Å². The number of carbonyl (C=O) groups is 1. The van der Waals surface area contributed by atoms with Crippen LogP contribution in [0.4, 0.5) is 0 Å². The predicted molar refractivity (Wildman–Crippen MR) is 76.5 cm³/mol. The van der Waals surface area contributed by atoms with E-state index in [1.807, 2.05) is 6.92 Å². The van der Waals surface area contributed by atoms with Crippen LogP contribution in [-0.2, 0) is 9.53 Å². The number of methoxy groups -OCH3 is 2. The van der Waals surface area contributed by atoms with E-state index in [0.717, 1.165) is 6.42 Å². The Morgan fingerprint density at radius 1 is 1.33 bits per heavy atom. The van der Waals surface area contributed by atoms with Gasteiger partial charge in [-0.25, -0.2) is 0 Å². The second-order valence-corrected chi connectivity index (χ2v) is 5.09. The van der Waals surface area contributed by atoms with Crippen LogP contribution in [0.2, 0.25) is 0 Å². The number of carbonyl (C=O) groups excluding carboxylic acids is 1. The summed E-state index contributed by atoms with van der Waals surface area (Å²) in [7, 11) is 3.06. The van der Waals surface area contributed by atoms with Crippen molar-refractivity contribution >= 4 is 5.78 Å². The summed E-state index contributed by atoms with van der Waals surface area (Å²) in [5.41, 5.74) is 0.600. The number of nitriles is 1. The summed E-state index contributed by atoms with van der Waals surface area (Å²) in [5, 5.41) is 9.37. The van der Waals surface area contributed by atoms with Crippen LogP contribution in [0.25, 0.3) is 0 Å². The molecule has 5 heteroatoms. The Labute approximate surface area is 124 Å². The summed E-state index contributed by atoms with van der Waals surface area (Å²) in [6.07, 6.45) is 1.10. The fourth-order valence-electron chi connectivity index (χ4n) is 2.53. The van der Waals surface area contributed by atoms with Crippen molar-refractivity contribution in [2.45, 2.75) is 37.9 Å². The lowest BCUT2D eigenvalue weighted by Gasteiger charge is -2.16. The molecule has 0 amide bonds. The van der Waals surface area contributed by atoms with Crippen molar-refractivity contribution in [2.75, 3.05) is 14.2 Å². The van der Waals surface area contributed by atoms with Crippen molar-refractivity contribution in [1.29, 1.82) is 5.26 Å². The van der Waals surface area contributed by atoms with Crippen LogP contribution >= 0.6 is 0 Å². The molecule has 21 heavy (non-hydrogen) atoms. The highest BCUT2D eigenvalue weighted by molar-refractivity contribution is 5.92. The molecule has 3 unspecified atom stereocenters. The molecule has 0 bridgehead atoms. The van der Waals surface area contributed by atoms with Crippen molar-refractivity contribution < 1.29 is 19.0 Å². The SMILES string of the molecule is COc1ccc(C(C#N)C(=O)C2CCC(C)O2)cc1OC. The molecule has 112 valence electrons. The van der Waals surface area contributed by atoms with Gasteiger partial charge in [0.2, 0.25) is 0 Å². The van der Waals surface area contributed by atoms with Gasteiger partial charge in [0.1, 0.15) is 12.0 Å². The fourth-order valence-corrected chi connectivity index (χ4v) is 2.53. The maximum Gasteiger partial charge on any atom is 0.183 e. The molecule has 1 saturated heterocycles. The Hall–Kier alpha value is -2.06. The number of ether oxygens (including phenoxy) is 3. The maximum absolute atomic E-state index is 12.5. The zero-order chi connectivity index (χ0) is 15.4. The molecule has 1 aromatic rings. The second kappa shape index (κ2) is 6.59. The molecule has 1 heterocycles. The number of hydrogen-bond donors (Lipinski definition) is 0. The summed E-state index contributed by atoms with van der Waals surface area (Å²) in [6, 6.07) is 7.15. The van der Waals surface area contributed by atoms with Crippen LogP contribution in [0, 0.1) is 11.3 Å². The molecule has 0 N–H and O–H groups in total. The van der Waals surface area contributed by atoms with Crippen LogP contribution in [0.3, 0.4) is 0 Å². The minimum Gasteiger partial charge on any atom is -0.493 e. The zero-order valence-electron chi connectivity index (χ0n) is 12.5. The molecule has 1 aromatic carbocycles. The monoisotopic (exact) mass is 289 g/mol. The highest BCUT2D eigenvalue weighted by atomic mass is 16.5. The van der Waals surface area contributed by atoms with Crippen LogP contribution < -0.4 is 9.47 Å². The standard InChI is InChI=1S/C16H19NO4/c1-10-4-6-14(21-10)16(18)12(9-17)11-5-7-13(19-2)15(8-11)20-3/h5,7-8,10,12,14H,4,6H2,1-3H3. The molecule has 0 saturated carbocycles. The van der Waals surface area contributed by atoms with E-state index in [0.29, 0.717) is 23.5 Å². The van der Waals surface area contributed by atoms with E-state index in [-0.39, 0.29) is 11.9 Å². The van der Waals surface area contributed by atoms with Crippen molar-refractivity contribution in [1.82, 2.24) is 0 Å². The zero-order valence-corrected chi connectivity index (χ0v) is 12.5. The molecule has 1 fully saturated rings. The average molecular weight is 289 g/mol. The van der Waals surface area contributed by atoms with E-state index in [1.165, 1.54) is 14.2 Å². The molecule has 0 aromatic heterocycles. The highest BCUT2D eigenvalue weighted by Crippen LogP contribution is 2.32. The summed E-state index contributed by atoms with van der Waals surface area (Å²) in [5.74, 6) is 0.0362. The minimum absolute atomic E-state index is 0.0729. The largest absolute Gasteiger partial charge is 0.493 e. The quantitative estimate of drug-likeness (QED) is 0.832. The van der Waals surface area contributed by atoms with Crippen molar-refractivity contribution in [2.24, 2.45) is 0 Å². The summed E-state index contributed by atoms with van der Waals surface area (Å²) in [4.78, 5) is 12.5. The van der Waals surface area contributed by atoms with Crippen molar-refractivity contribution in [3.8, 4) is 17.6 Å². The van der Waals surface area contributed by atoms with Gasteiger partial charge < -0.3 is 14.2 Å². The van der Waals surface area contributed by atoms with Gasteiger partial charge in [0.15, 0.2) is 17.3 Å². The number of benzene rings is 1. The smallest absolute Gasteiger partial charge is 0.183 e. The lowest BCUT2D eigenvalue weighted by molar-refractivity contribution is -0.129. The third-order valence-electron chi connectivity index (χ3n) is 3.70. The number of rotatable bonds is 5. The first kappa shape index (κ1) is 15.3. The first-order valence-corrected chi connectivity index (χ1v) is 6.91. The number of ketones is 1. The minimum atomic E-state index is -0.847. The van der Waals surface area contributed by atoms with Crippen LogP contribution in [0.15, 0.2) is 18.2 Å². The van der Waals surface area contributed by atoms with Gasteiger partial charge in [-0.3, -0.25) is 4.79 Å². The van der Waals surface area contributed by atoms with E-state index in [9.17, 15) is 10.1 Å². The van der Waals surface area contributed by atoms with Gasteiger partial charge >= 0.3 is 0 Å². The molecule has 1 aliphatic heterocycles. The lowest BCUT2D eigenvalue weighted by Crippen LogP contribution is -2.26. The summed E-state index contributed by atoms with van der Waals surface area (Å²) >= 11 is 0. The van der Waals surface area contributed by atoms with Gasteiger partial charge in [0.25, 0.3) is 0 Å². The molecular formula is C16H19NO4. The molecule has 1 aliphatic rings. The third-order valence-corrected chi connectivity index (χ3v) is 3.70. The average Bonchev–Trinajstić information content (AvgIpc) is 2.94. The van der Waals surface area contributed by atoms with Gasteiger partial charge in [-0.1, -0.05) is 6.07 Å². The Bertz CT molecular complexity index is 564. The molecule has 0 aliphatic carbocycles. The topological polar surface area (TPSA) is 68.5 Å². The van der Waals surface area contributed by atoms with Crippen LogP contribution in [0.1, 0.15) is 31.2 Å². The second-order valence-electron chi connectivity index (χ2n) is 5.09. The molecule has 2 rings (SSSR count). The van der Waals surface area contributed by atoms with E-state index in [4.69, 9.17) is 14.2 Å². The number of Topliss-reactive ketones (excluding diaryl/α,β-unsaturated/α-hetero) is 1. The molecule has 0 spiro atoms. The fraction of sp³-hybridized carbons (Fsp3) is 0.500. The van der Waals surface area contributed by atoms with Crippen molar-refractivity contribution in [3.05, 3.63) is 23.8 Å². The first-order valence-electron chi connectivity index (χ1n) is 6.91. The molecule has 3 atom stereocenters. The third kappa shape index (κ3) is 3.17. The Morgan fingerprint density at radius 2 is 2.05 bits per heavy atom. The van der Waals surface area contributed by atoms with E-state index in [1.54, 1.807) is 18.2 Å². The summed E-state index contributed by atoms with van der Waals surface area (Å²) in [6.45, 7) is 1.94. The van der Waals surface area contributed by atoms with Gasteiger partial charge in [-0.05, 0) is 37.5 Å². The van der Waals surface area contributed by atoms with Crippen molar-refractivity contribution in [3.63, 3.8) is 0 Å². The van der Waals surface area contributed by atoms with Crippen LogP contribution in [-0.4, -0.2) is 32.2 Å². The highest BCUT2D eigenvalue weighted by Gasteiger charge is 2.34. The van der Waals surface area contributed by atoms with E-state index in [2.05, 4.69) is 6.07 Å². The number of hydrogen-bond acceptors (Lipinski definition) is 5. The maximum atomic E-state index is 12.5. The number of nitrogens with zero attached hydrogens (tertiary/aromatic N) is 1. The van der Waals surface area contributed by atoms with Gasteiger partial charge in [-0.2, -0.15) is 5.26 Å². The Balaban J connectivity index is 2.25. The van der Waals surface area contributed by atoms with Gasteiger partial charge in [-0.15, -0.1) is 0 Å². The summed E-state index contributed by atoms with van der Waals surface area (Å²) < 4.78 is 16.0. The van der Waals surface area contributed by atoms with E-state index >= 15 is 0 Å². The predicted octanol–water partition coefficient (Wildman–Crippen LogP) is 2.45. The van der Waals surface area contributed by atoms with E-state index < -0.39 is 12.0 Å². The first-order chi connectivity index (χ1) is 10.1. The Morgan fingerprint density at radius 3 is 2.57 bits per heavy atom. The molecule has 0 radical (unpaired) electrons. The molecule has 5 nitrogen and oxygen atoms in total. The Kier molecular flexibility index (Phi) is 4.81.